The van der Waals surface area contributed by atoms with Gasteiger partial charge in [-0.2, -0.15) is 0 Å². The molecule has 2 fully saturated rings. The monoisotopic (exact) mass is 403 g/mol. The predicted molar refractivity (Wildman–Crippen MR) is 107 cm³/mol. The summed E-state index contributed by atoms with van der Waals surface area (Å²) in [5.41, 5.74) is 7.68. The van der Waals surface area contributed by atoms with E-state index in [0.29, 0.717) is 36.3 Å². The minimum Gasteiger partial charge on any atom is -0.477 e. The summed E-state index contributed by atoms with van der Waals surface area (Å²) in [7, 11) is 0. The molecule has 1 saturated carbocycles. The molecule has 0 spiro atoms. The molecule has 1 saturated heterocycles. The van der Waals surface area contributed by atoms with Crippen molar-refractivity contribution in [1.29, 1.82) is 0 Å². The zero-order valence-electron chi connectivity index (χ0n) is 16.4. The third-order valence-electron chi connectivity index (χ3n) is 6.31. The van der Waals surface area contributed by atoms with Gasteiger partial charge in [-0.15, -0.1) is 0 Å². The highest BCUT2D eigenvalue weighted by Gasteiger charge is 2.32. The molecule has 4 rings (SSSR count). The molecule has 4 N–H and O–H groups in total. The second kappa shape index (κ2) is 7.42. The van der Waals surface area contributed by atoms with Crippen molar-refractivity contribution in [1.82, 2.24) is 4.40 Å². The van der Waals surface area contributed by atoms with Crippen molar-refractivity contribution >= 4 is 17.2 Å². The summed E-state index contributed by atoms with van der Waals surface area (Å²) in [4.78, 5) is 26.1. The Balaban J connectivity index is 1.85. The van der Waals surface area contributed by atoms with Crippen LogP contribution in [0.2, 0.25) is 0 Å². The fourth-order valence-corrected chi connectivity index (χ4v) is 4.65. The van der Waals surface area contributed by atoms with E-state index in [1.807, 2.05) is 4.90 Å². The van der Waals surface area contributed by atoms with Crippen molar-refractivity contribution in [2.75, 3.05) is 24.6 Å². The van der Waals surface area contributed by atoms with E-state index in [0.717, 1.165) is 35.4 Å². The van der Waals surface area contributed by atoms with Crippen molar-refractivity contribution < 1.29 is 19.4 Å². The summed E-state index contributed by atoms with van der Waals surface area (Å²) >= 11 is 0. The van der Waals surface area contributed by atoms with Crippen LogP contribution in [0.4, 0.5) is 10.1 Å². The summed E-state index contributed by atoms with van der Waals surface area (Å²) in [6.07, 6.45) is 4.36. The van der Waals surface area contributed by atoms with Crippen LogP contribution in [0.25, 0.3) is 5.52 Å². The number of aryl methyl sites for hydroxylation is 1. The number of fused-ring (bicyclic) bond motifs is 1. The lowest BCUT2D eigenvalue weighted by atomic mass is 9.89. The van der Waals surface area contributed by atoms with Crippen LogP contribution in [-0.2, 0) is 0 Å². The fraction of sp³-hybridized carbons (Fsp3) is 0.524. The Morgan fingerprint density at radius 1 is 1.34 bits per heavy atom. The molecule has 0 amide bonds. The zero-order valence-corrected chi connectivity index (χ0v) is 16.4. The number of carboxylic acid groups (broad SMARTS) is 1. The number of pyridine rings is 2. The quantitative estimate of drug-likeness (QED) is 0.703. The Hall–Kier alpha value is -2.45. The number of aliphatic hydroxyl groups is 1. The van der Waals surface area contributed by atoms with E-state index < -0.39 is 17.3 Å². The summed E-state index contributed by atoms with van der Waals surface area (Å²) in [5, 5.41) is 18.6. The van der Waals surface area contributed by atoms with Crippen molar-refractivity contribution in [3.63, 3.8) is 0 Å². The van der Waals surface area contributed by atoms with E-state index >= 15 is 4.39 Å². The maximum Gasteiger partial charge on any atom is 0.341 e. The summed E-state index contributed by atoms with van der Waals surface area (Å²) < 4.78 is 16.3. The van der Waals surface area contributed by atoms with Gasteiger partial charge in [0.15, 0.2) is 5.82 Å². The van der Waals surface area contributed by atoms with Gasteiger partial charge in [0.2, 0.25) is 0 Å². The second-order valence-corrected chi connectivity index (χ2v) is 8.24. The van der Waals surface area contributed by atoms with Gasteiger partial charge >= 0.3 is 5.97 Å². The van der Waals surface area contributed by atoms with Crippen molar-refractivity contribution in [3.05, 3.63) is 45.1 Å². The highest BCUT2D eigenvalue weighted by Crippen LogP contribution is 2.44. The van der Waals surface area contributed by atoms with E-state index in [2.05, 4.69) is 0 Å². The molecule has 7 nitrogen and oxygen atoms in total. The number of nitrogens with zero attached hydrogens (tertiary/aromatic N) is 2. The lowest BCUT2D eigenvalue weighted by Gasteiger charge is -2.39. The molecule has 0 aromatic carbocycles. The lowest BCUT2D eigenvalue weighted by Crippen LogP contribution is -2.49. The van der Waals surface area contributed by atoms with Gasteiger partial charge in [0.25, 0.3) is 5.56 Å². The molecule has 1 aliphatic carbocycles. The molecule has 0 radical (unpaired) electrons. The van der Waals surface area contributed by atoms with Crippen molar-refractivity contribution in [3.8, 4) is 0 Å². The number of halogens is 1. The Morgan fingerprint density at radius 3 is 2.66 bits per heavy atom. The summed E-state index contributed by atoms with van der Waals surface area (Å²) in [6, 6.07) is 1.29. The number of aromatic nitrogens is 1. The normalized spacial score (nSPS) is 22.3. The number of piperidine rings is 1. The molecule has 29 heavy (non-hydrogen) atoms. The molecule has 2 unspecified atom stereocenters. The summed E-state index contributed by atoms with van der Waals surface area (Å²) in [6.45, 7) is 2.95. The Labute approximate surface area is 167 Å². The number of aromatic carboxylic acids is 1. The van der Waals surface area contributed by atoms with E-state index in [9.17, 15) is 19.8 Å². The van der Waals surface area contributed by atoms with E-state index in [1.165, 1.54) is 6.07 Å². The molecule has 0 bridgehead atoms. The fourth-order valence-electron chi connectivity index (χ4n) is 4.65. The van der Waals surface area contributed by atoms with Crippen LogP contribution in [0.15, 0.2) is 17.1 Å². The predicted octanol–water partition coefficient (Wildman–Crippen LogP) is 1.86. The molecular weight excluding hydrogens is 377 g/mol. The van der Waals surface area contributed by atoms with Crippen LogP contribution >= 0.6 is 0 Å². The van der Waals surface area contributed by atoms with Gasteiger partial charge in [-0.25, -0.2) is 9.18 Å². The Bertz CT molecular complexity index is 1030. The molecule has 2 aromatic heterocycles. The first-order valence-electron chi connectivity index (χ1n) is 10.1. The van der Waals surface area contributed by atoms with Gasteiger partial charge in [0.05, 0.1) is 17.4 Å². The SMILES string of the molecule is Cc1c(N2CCC(CCO)C(N)C2)c(F)cn2c(=O)c(C(=O)O)cc(C3CC3)c12. The number of aliphatic hydroxyl groups excluding tert-OH is 1. The van der Waals surface area contributed by atoms with Gasteiger partial charge in [-0.05, 0) is 61.6 Å². The maximum absolute atomic E-state index is 15.2. The number of hydrogen-bond acceptors (Lipinski definition) is 5. The molecule has 3 heterocycles. The van der Waals surface area contributed by atoms with Gasteiger partial charge in [-0.1, -0.05) is 0 Å². The Kier molecular flexibility index (Phi) is 5.08. The van der Waals surface area contributed by atoms with Crippen LogP contribution < -0.4 is 16.2 Å². The van der Waals surface area contributed by atoms with Gasteiger partial charge in [0.1, 0.15) is 5.56 Å². The molecule has 2 aliphatic rings. The number of nitrogens with two attached hydrogens (primary N) is 1. The largest absolute Gasteiger partial charge is 0.477 e. The van der Waals surface area contributed by atoms with Crippen LogP contribution in [0.1, 0.15) is 53.1 Å². The maximum atomic E-state index is 15.2. The van der Waals surface area contributed by atoms with Gasteiger partial charge in [-0.3, -0.25) is 9.20 Å². The van der Waals surface area contributed by atoms with Crippen LogP contribution in [0.3, 0.4) is 0 Å². The average Bonchev–Trinajstić information content (AvgIpc) is 3.49. The van der Waals surface area contributed by atoms with Crippen LogP contribution in [0.5, 0.6) is 0 Å². The smallest absolute Gasteiger partial charge is 0.341 e. The molecular formula is C21H26FN3O4. The highest BCUT2D eigenvalue weighted by molar-refractivity contribution is 5.89. The molecule has 2 aromatic rings. The van der Waals surface area contributed by atoms with Gasteiger partial charge in [0, 0.05) is 25.7 Å². The average molecular weight is 403 g/mol. The molecule has 2 atom stereocenters. The second-order valence-electron chi connectivity index (χ2n) is 8.24. The minimum atomic E-state index is -1.30. The first kappa shape index (κ1) is 19.8. The van der Waals surface area contributed by atoms with Crippen molar-refractivity contribution in [2.45, 2.75) is 44.6 Å². The molecule has 8 heteroatoms. The Morgan fingerprint density at radius 2 is 2.07 bits per heavy atom. The van der Waals surface area contributed by atoms with E-state index in [-0.39, 0.29) is 30.0 Å². The third-order valence-corrected chi connectivity index (χ3v) is 6.31. The third kappa shape index (κ3) is 3.40. The lowest BCUT2D eigenvalue weighted by molar-refractivity contribution is 0.0694. The van der Waals surface area contributed by atoms with Crippen molar-refractivity contribution in [2.24, 2.45) is 11.7 Å². The minimum absolute atomic E-state index is 0.0846. The first-order valence-corrected chi connectivity index (χ1v) is 10.1. The first-order chi connectivity index (χ1) is 13.8. The topological polar surface area (TPSA) is 108 Å². The summed E-state index contributed by atoms with van der Waals surface area (Å²) in [5.74, 6) is -1.47. The van der Waals surface area contributed by atoms with E-state index in [4.69, 9.17) is 5.73 Å². The zero-order chi connectivity index (χ0) is 20.9. The number of rotatable bonds is 5. The standard InChI is InChI=1S/C21H26FN3O4/c1-11-18-14(12-2-3-12)8-15(21(28)29)20(27)25(18)9-16(22)19(11)24-6-4-13(5-7-26)17(23)10-24/h8-9,12-13,17,26H,2-7,10,23H2,1H3,(H,28,29). The number of hydrogen-bond donors (Lipinski definition) is 3. The number of anilines is 1. The van der Waals surface area contributed by atoms with Gasteiger partial charge < -0.3 is 20.8 Å². The molecule has 156 valence electrons. The van der Waals surface area contributed by atoms with E-state index in [1.54, 1.807) is 6.92 Å². The number of carbonyl (C=O) groups is 1. The molecule has 1 aliphatic heterocycles. The van der Waals surface area contributed by atoms with Crippen LogP contribution in [0, 0.1) is 18.7 Å². The van der Waals surface area contributed by atoms with Crippen LogP contribution in [-0.4, -0.2) is 46.3 Å². The highest BCUT2D eigenvalue weighted by atomic mass is 19.1. The number of carboxylic acids is 1.